The minimum absolute atomic E-state index is 0.0790. The van der Waals surface area contributed by atoms with Gasteiger partial charge in [0.05, 0.1) is 10.6 Å². The van der Waals surface area contributed by atoms with Crippen molar-refractivity contribution in [1.29, 1.82) is 0 Å². The van der Waals surface area contributed by atoms with E-state index >= 15 is 0 Å². The lowest BCUT2D eigenvalue weighted by molar-refractivity contribution is 0.102. The number of carbonyl (C=O) groups excluding carboxylic acids is 1. The monoisotopic (exact) mass is 287 g/mol. The van der Waals surface area contributed by atoms with Crippen molar-refractivity contribution >= 4 is 17.1 Å². The fourth-order valence-electron chi connectivity index (χ4n) is 2.77. The van der Waals surface area contributed by atoms with Crippen molar-refractivity contribution in [3.8, 4) is 0 Å². The fourth-order valence-corrected chi connectivity index (χ4v) is 4.08. The lowest BCUT2D eigenvalue weighted by Gasteiger charge is -2.30. The first-order valence-corrected chi connectivity index (χ1v) is 7.91. The maximum absolute atomic E-state index is 11.7. The molecule has 0 amide bonds. The summed E-state index contributed by atoms with van der Waals surface area (Å²) in [6.07, 6.45) is 1.97. The molecule has 0 aliphatic rings. The Morgan fingerprint density at radius 3 is 2.25 bits per heavy atom. The van der Waals surface area contributed by atoms with E-state index in [1.54, 1.807) is 18.3 Å². The van der Waals surface area contributed by atoms with Gasteiger partial charge < -0.3 is 0 Å². The number of hydrogen-bond donors (Lipinski definition) is 0. The molecule has 1 aromatic carbocycles. The van der Waals surface area contributed by atoms with Crippen LogP contribution in [0.2, 0.25) is 0 Å². The van der Waals surface area contributed by atoms with Crippen LogP contribution in [0.5, 0.6) is 0 Å². The van der Waals surface area contributed by atoms with Crippen LogP contribution in [0.15, 0.2) is 30.3 Å². The highest BCUT2D eigenvalue weighted by atomic mass is 32.1. The van der Waals surface area contributed by atoms with E-state index in [-0.39, 0.29) is 11.2 Å². The van der Waals surface area contributed by atoms with Crippen molar-refractivity contribution in [2.24, 2.45) is 0 Å². The number of carbonyl (C=O) groups is 1. The molecule has 0 aliphatic heterocycles. The predicted octanol–water partition coefficient (Wildman–Crippen LogP) is 4.76. The summed E-state index contributed by atoms with van der Waals surface area (Å²) in [7, 11) is 0. The number of hydrogen-bond acceptors (Lipinski definition) is 3. The summed E-state index contributed by atoms with van der Waals surface area (Å²) in [5.74, 6) is 0.111. The fraction of sp³-hybridized carbons (Fsp3) is 0.412. The van der Waals surface area contributed by atoms with E-state index in [0.717, 1.165) is 28.4 Å². The van der Waals surface area contributed by atoms with Crippen LogP contribution < -0.4 is 0 Å². The summed E-state index contributed by atoms with van der Waals surface area (Å²) >= 11 is 1.56. The number of ketones is 1. The van der Waals surface area contributed by atoms with Crippen LogP contribution in [-0.2, 0) is 5.41 Å². The first-order chi connectivity index (χ1) is 9.55. The lowest BCUT2D eigenvalue weighted by atomic mass is 9.76. The zero-order valence-electron chi connectivity index (χ0n) is 12.6. The Labute approximate surface area is 124 Å². The molecule has 1 heterocycles. The number of benzene rings is 1. The van der Waals surface area contributed by atoms with Crippen LogP contribution in [0, 0.1) is 6.92 Å². The quantitative estimate of drug-likeness (QED) is 0.742. The van der Waals surface area contributed by atoms with Crippen LogP contribution in [0.1, 0.15) is 59.5 Å². The van der Waals surface area contributed by atoms with E-state index < -0.39 is 0 Å². The number of Topliss-reactive ketones (excluding diaryl/α,β-unsaturated/α-hetero) is 1. The SMILES string of the molecule is CCC(CC)(c1ccccc1)c1nc(C)c(C(C)=O)s1. The van der Waals surface area contributed by atoms with Gasteiger partial charge in [-0.1, -0.05) is 44.2 Å². The van der Waals surface area contributed by atoms with Crippen LogP contribution in [-0.4, -0.2) is 10.8 Å². The van der Waals surface area contributed by atoms with Crippen molar-refractivity contribution in [1.82, 2.24) is 4.98 Å². The largest absolute Gasteiger partial charge is 0.294 e. The van der Waals surface area contributed by atoms with Crippen LogP contribution in [0.4, 0.5) is 0 Å². The molecule has 0 atom stereocenters. The molecule has 20 heavy (non-hydrogen) atoms. The zero-order valence-corrected chi connectivity index (χ0v) is 13.4. The van der Waals surface area contributed by atoms with Gasteiger partial charge in [0.1, 0.15) is 5.01 Å². The Bertz CT molecular complexity index is 597. The number of rotatable bonds is 5. The molecule has 0 saturated carbocycles. The molecular weight excluding hydrogens is 266 g/mol. The molecule has 2 rings (SSSR count). The maximum atomic E-state index is 11.7. The van der Waals surface area contributed by atoms with Crippen molar-refractivity contribution in [2.75, 3.05) is 0 Å². The van der Waals surface area contributed by atoms with Gasteiger partial charge in [0.2, 0.25) is 0 Å². The summed E-state index contributed by atoms with van der Waals surface area (Å²) in [5.41, 5.74) is 2.07. The van der Waals surface area contributed by atoms with Gasteiger partial charge >= 0.3 is 0 Å². The number of nitrogens with zero attached hydrogens (tertiary/aromatic N) is 1. The van der Waals surface area contributed by atoms with Gasteiger partial charge in [-0.25, -0.2) is 4.98 Å². The Morgan fingerprint density at radius 2 is 1.80 bits per heavy atom. The number of thiazole rings is 1. The molecule has 0 N–H and O–H groups in total. The van der Waals surface area contributed by atoms with Gasteiger partial charge in [-0.3, -0.25) is 4.79 Å². The van der Waals surface area contributed by atoms with E-state index in [4.69, 9.17) is 4.98 Å². The molecule has 0 spiro atoms. The van der Waals surface area contributed by atoms with Crippen LogP contribution >= 0.6 is 11.3 Å². The third-order valence-corrected chi connectivity index (χ3v) is 5.52. The van der Waals surface area contributed by atoms with Crippen molar-refractivity contribution in [3.05, 3.63) is 51.5 Å². The molecule has 0 fully saturated rings. The molecule has 0 aliphatic carbocycles. The highest BCUT2D eigenvalue weighted by Crippen LogP contribution is 2.41. The van der Waals surface area contributed by atoms with E-state index in [1.807, 2.05) is 13.0 Å². The summed E-state index contributed by atoms with van der Waals surface area (Å²) in [6, 6.07) is 10.5. The smallest absolute Gasteiger partial charge is 0.171 e. The minimum Gasteiger partial charge on any atom is -0.294 e. The first kappa shape index (κ1) is 14.9. The second-order valence-electron chi connectivity index (χ2n) is 5.14. The molecule has 3 heteroatoms. The van der Waals surface area contributed by atoms with Gasteiger partial charge in [-0.05, 0) is 25.3 Å². The highest BCUT2D eigenvalue weighted by molar-refractivity contribution is 7.14. The van der Waals surface area contributed by atoms with E-state index in [1.165, 1.54) is 5.56 Å². The number of aromatic nitrogens is 1. The van der Waals surface area contributed by atoms with E-state index in [2.05, 4.69) is 38.1 Å². The average Bonchev–Trinajstić information content (AvgIpc) is 2.85. The molecule has 106 valence electrons. The van der Waals surface area contributed by atoms with Crippen molar-refractivity contribution < 1.29 is 4.79 Å². The van der Waals surface area contributed by atoms with Gasteiger partial charge in [-0.2, -0.15) is 0 Å². The third-order valence-electron chi connectivity index (χ3n) is 4.06. The van der Waals surface area contributed by atoms with Crippen molar-refractivity contribution in [2.45, 2.75) is 46.0 Å². The first-order valence-electron chi connectivity index (χ1n) is 7.09. The molecule has 0 bridgehead atoms. The molecule has 0 saturated heterocycles. The predicted molar refractivity (Wildman–Crippen MR) is 84.7 cm³/mol. The lowest BCUT2D eigenvalue weighted by Crippen LogP contribution is -2.25. The highest BCUT2D eigenvalue weighted by Gasteiger charge is 2.34. The average molecular weight is 287 g/mol. The Balaban J connectivity index is 2.59. The number of aryl methyl sites for hydroxylation is 1. The molecule has 0 radical (unpaired) electrons. The molecule has 2 aromatic rings. The van der Waals surface area contributed by atoms with E-state index in [9.17, 15) is 4.79 Å². The molecule has 0 unspecified atom stereocenters. The Hall–Kier alpha value is -1.48. The van der Waals surface area contributed by atoms with Gasteiger partial charge in [-0.15, -0.1) is 11.3 Å². The Kier molecular flexibility index (Phi) is 4.39. The minimum atomic E-state index is -0.0790. The van der Waals surface area contributed by atoms with E-state index in [0.29, 0.717) is 0 Å². The normalized spacial score (nSPS) is 11.6. The standard InChI is InChI=1S/C17H21NOS/c1-5-17(6-2,14-10-8-7-9-11-14)16-18-12(3)15(20-16)13(4)19/h7-11H,5-6H2,1-4H3. The topological polar surface area (TPSA) is 30.0 Å². The second-order valence-corrected chi connectivity index (χ2v) is 6.14. The third kappa shape index (κ3) is 2.42. The van der Waals surface area contributed by atoms with Crippen molar-refractivity contribution in [3.63, 3.8) is 0 Å². The second kappa shape index (κ2) is 5.88. The molecule has 1 aromatic heterocycles. The summed E-state index contributed by atoms with van der Waals surface area (Å²) in [6.45, 7) is 7.94. The summed E-state index contributed by atoms with van der Waals surface area (Å²) < 4.78 is 0. The van der Waals surface area contributed by atoms with Gasteiger partial charge in [0, 0.05) is 12.3 Å². The maximum Gasteiger partial charge on any atom is 0.171 e. The Morgan fingerprint density at radius 1 is 1.20 bits per heavy atom. The molecular formula is C17H21NOS. The van der Waals surface area contributed by atoms with Crippen LogP contribution in [0.25, 0.3) is 0 Å². The zero-order chi connectivity index (χ0) is 14.8. The summed E-state index contributed by atoms with van der Waals surface area (Å²) in [4.78, 5) is 17.2. The van der Waals surface area contributed by atoms with Gasteiger partial charge in [0.15, 0.2) is 5.78 Å². The van der Waals surface area contributed by atoms with Gasteiger partial charge in [0.25, 0.3) is 0 Å². The summed E-state index contributed by atoms with van der Waals surface area (Å²) in [5, 5.41) is 1.07. The van der Waals surface area contributed by atoms with Crippen LogP contribution in [0.3, 0.4) is 0 Å². The molecule has 2 nitrogen and oxygen atoms in total.